The SMILES string of the molecule is OC[C@H]1O[C@@H](O[C@H]2[C@H](O)[C@@H](O)C(O)(CCS)O[C@@H]2CO)[C@H](O)[C@@H](O)[C@H]1O. The van der Waals surface area contributed by atoms with Crippen LogP contribution < -0.4 is 0 Å². The summed E-state index contributed by atoms with van der Waals surface area (Å²) < 4.78 is 15.8. The molecule has 8 N–H and O–H groups in total. The van der Waals surface area contributed by atoms with Crippen LogP contribution in [0.1, 0.15) is 6.42 Å². The standard InChI is InChI=1S/C14H26O11S/c15-3-5-7(17)8(18)9(19)13(23-5)24-11-6(4-16)25-14(22,1-2-26)12(21)10(11)20/h5-13,15-22,26H,1-4H2/t5-,6-,7+,8+,9-,10+,11-,12-,13+,14?/m1/s1. The van der Waals surface area contributed by atoms with Crippen molar-refractivity contribution >= 4 is 12.6 Å². The second-order valence-corrected chi connectivity index (χ2v) is 6.84. The first-order valence-corrected chi connectivity index (χ1v) is 8.77. The van der Waals surface area contributed by atoms with Gasteiger partial charge in [-0.1, -0.05) is 0 Å². The van der Waals surface area contributed by atoms with Crippen LogP contribution in [0, 0.1) is 0 Å². The summed E-state index contributed by atoms with van der Waals surface area (Å²) in [7, 11) is 0. The van der Waals surface area contributed by atoms with Gasteiger partial charge in [-0.2, -0.15) is 12.6 Å². The van der Waals surface area contributed by atoms with E-state index >= 15 is 0 Å². The van der Waals surface area contributed by atoms with Crippen molar-refractivity contribution < 1.29 is 55.1 Å². The fourth-order valence-electron chi connectivity index (χ4n) is 3.08. The maximum atomic E-state index is 10.3. The lowest BCUT2D eigenvalue weighted by molar-refractivity contribution is -0.383. The topological polar surface area (TPSA) is 190 Å². The van der Waals surface area contributed by atoms with Gasteiger partial charge < -0.3 is 55.1 Å². The minimum Gasteiger partial charge on any atom is -0.394 e. The van der Waals surface area contributed by atoms with Gasteiger partial charge in [0.25, 0.3) is 0 Å². The molecule has 154 valence electrons. The second kappa shape index (κ2) is 8.94. The van der Waals surface area contributed by atoms with E-state index in [1.54, 1.807) is 0 Å². The van der Waals surface area contributed by atoms with Gasteiger partial charge in [0.05, 0.1) is 13.2 Å². The van der Waals surface area contributed by atoms with Crippen LogP contribution in [0.4, 0.5) is 0 Å². The van der Waals surface area contributed by atoms with Gasteiger partial charge in [-0.15, -0.1) is 0 Å². The van der Waals surface area contributed by atoms with E-state index in [9.17, 15) is 40.9 Å². The van der Waals surface area contributed by atoms with Gasteiger partial charge in [-0.25, -0.2) is 0 Å². The van der Waals surface area contributed by atoms with Gasteiger partial charge in [-0.05, 0) is 5.75 Å². The maximum Gasteiger partial charge on any atom is 0.195 e. The molecular weight excluding hydrogens is 376 g/mol. The number of aliphatic hydroxyl groups is 8. The molecule has 26 heavy (non-hydrogen) atoms. The molecule has 2 saturated heterocycles. The van der Waals surface area contributed by atoms with Crippen molar-refractivity contribution in [1.82, 2.24) is 0 Å². The molecule has 2 aliphatic heterocycles. The normalized spacial score (nSPS) is 50.0. The Morgan fingerprint density at radius 2 is 1.50 bits per heavy atom. The number of hydrogen-bond acceptors (Lipinski definition) is 12. The molecule has 0 amide bonds. The first-order chi connectivity index (χ1) is 12.2. The molecule has 2 aliphatic rings. The lowest BCUT2D eigenvalue weighted by atomic mass is 9.90. The van der Waals surface area contributed by atoms with Gasteiger partial charge in [0, 0.05) is 6.42 Å². The molecule has 0 aromatic carbocycles. The highest BCUT2D eigenvalue weighted by Gasteiger charge is 2.55. The Balaban J connectivity index is 2.16. The Bertz CT molecular complexity index is 453. The van der Waals surface area contributed by atoms with E-state index in [1.165, 1.54) is 0 Å². The van der Waals surface area contributed by atoms with Crippen molar-refractivity contribution in [1.29, 1.82) is 0 Å². The number of aliphatic hydroxyl groups excluding tert-OH is 7. The van der Waals surface area contributed by atoms with Crippen molar-refractivity contribution in [3.05, 3.63) is 0 Å². The number of hydrogen-bond donors (Lipinski definition) is 9. The molecule has 12 heteroatoms. The second-order valence-electron chi connectivity index (χ2n) is 6.39. The van der Waals surface area contributed by atoms with Gasteiger partial charge in [-0.3, -0.25) is 0 Å². The zero-order chi connectivity index (χ0) is 19.6. The molecule has 0 saturated carbocycles. The quantitative estimate of drug-likeness (QED) is 0.194. The molecule has 0 aliphatic carbocycles. The van der Waals surface area contributed by atoms with Crippen molar-refractivity contribution in [2.75, 3.05) is 19.0 Å². The fourth-order valence-corrected chi connectivity index (χ4v) is 3.40. The summed E-state index contributed by atoms with van der Waals surface area (Å²) in [4.78, 5) is 0. The third-order valence-corrected chi connectivity index (χ3v) is 4.86. The Kier molecular flexibility index (Phi) is 7.63. The van der Waals surface area contributed by atoms with Crippen LogP contribution >= 0.6 is 12.6 Å². The molecule has 0 bridgehead atoms. The van der Waals surface area contributed by atoms with Gasteiger partial charge in [0.1, 0.15) is 48.8 Å². The van der Waals surface area contributed by atoms with E-state index in [0.717, 1.165) is 0 Å². The van der Waals surface area contributed by atoms with E-state index in [4.69, 9.17) is 14.2 Å². The summed E-state index contributed by atoms with van der Waals surface area (Å²) in [5, 5.41) is 79.0. The zero-order valence-corrected chi connectivity index (χ0v) is 14.7. The molecule has 0 aromatic heterocycles. The van der Waals surface area contributed by atoms with Gasteiger partial charge in [0.15, 0.2) is 12.1 Å². The largest absolute Gasteiger partial charge is 0.394 e. The molecular formula is C14H26O11S. The molecule has 11 nitrogen and oxygen atoms in total. The molecule has 2 rings (SSSR count). The molecule has 1 unspecified atom stereocenters. The summed E-state index contributed by atoms with van der Waals surface area (Å²) >= 11 is 3.94. The van der Waals surface area contributed by atoms with Crippen molar-refractivity contribution in [2.45, 2.75) is 67.3 Å². The average molecular weight is 402 g/mol. The Hall–Kier alpha value is -0.0900. The lowest BCUT2D eigenvalue weighted by Gasteiger charge is -2.49. The summed E-state index contributed by atoms with van der Waals surface area (Å²) in [6.45, 7) is -1.39. The monoisotopic (exact) mass is 402 g/mol. The summed E-state index contributed by atoms with van der Waals surface area (Å²) in [6.07, 6.45) is -14.3. The molecule has 0 spiro atoms. The van der Waals surface area contributed by atoms with E-state index in [1.807, 2.05) is 0 Å². The van der Waals surface area contributed by atoms with Crippen molar-refractivity contribution in [2.24, 2.45) is 0 Å². The number of rotatable bonds is 6. The molecule has 0 radical (unpaired) electrons. The van der Waals surface area contributed by atoms with Gasteiger partial charge in [0.2, 0.25) is 0 Å². The first kappa shape index (κ1) is 22.2. The maximum absolute atomic E-state index is 10.3. The molecule has 10 atom stereocenters. The van der Waals surface area contributed by atoms with E-state index in [0.29, 0.717) is 0 Å². The van der Waals surface area contributed by atoms with Crippen LogP contribution in [0.5, 0.6) is 0 Å². The smallest absolute Gasteiger partial charge is 0.195 e. The minimum absolute atomic E-state index is 0.122. The van der Waals surface area contributed by atoms with E-state index in [-0.39, 0.29) is 12.2 Å². The van der Waals surface area contributed by atoms with Crippen molar-refractivity contribution in [3.63, 3.8) is 0 Å². The van der Waals surface area contributed by atoms with Crippen LogP contribution in [0.25, 0.3) is 0 Å². The van der Waals surface area contributed by atoms with Crippen LogP contribution in [-0.2, 0) is 14.2 Å². The van der Waals surface area contributed by atoms with Crippen molar-refractivity contribution in [3.8, 4) is 0 Å². The average Bonchev–Trinajstić information content (AvgIpc) is 2.62. The lowest BCUT2D eigenvalue weighted by Crippen LogP contribution is -2.68. The predicted octanol–water partition coefficient (Wildman–Crippen LogP) is -4.71. The number of thiol groups is 1. The summed E-state index contributed by atoms with van der Waals surface area (Å²) in [6, 6.07) is 0. The highest BCUT2D eigenvalue weighted by Crippen LogP contribution is 2.34. The first-order valence-electron chi connectivity index (χ1n) is 8.14. The zero-order valence-electron chi connectivity index (χ0n) is 13.8. The third kappa shape index (κ3) is 4.16. The Morgan fingerprint density at radius 3 is 2.04 bits per heavy atom. The van der Waals surface area contributed by atoms with Crippen LogP contribution in [0.3, 0.4) is 0 Å². The highest BCUT2D eigenvalue weighted by atomic mass is 32.1. The van der Waals surface area contributed by atoms with E-state index in [2.05, 4.69) is 12.6 Å². The fraction of sp³-hybridized carbons (Fsp3) is 1.00. The highest BCUT2D eigenvalue weighted by molar-refractivity contribution is 7.80. The minimum atomic E-state index is -2.16. The summed E-state index contributed by atoms with van der Waals surface area (Å²) in [5.74, 6) is -2.04. The third-order valence-electron chi connectivity index (χ3n) is 4.63. The Labute approximate surface area is 154 Å². The van der Waals surface area contributed by atoms with Gasteiger partial charge >= 0.3 is 0 Å². The van der Waals surface area contributed by atoms with E-state index < -0.39 is 74.1 Å². The number of ether oxygens (including phenoxy) is 3. The van der Waals surface area contributed by atoms with Crippen LogP contribution in [0.15, 0.2) is 0 Å². The molecule has 2 fully saturated rings. The predicted molar refractivity (Wildman–Crippen MR) is 86.0 cm³/mol. The Morgan fingerprint density at radius 1 is 0.885 bits per heavy atom. The molecule has 2 heterocycles. The van der Waals surface area contributed by atoms with Crippen LogP contribution in [0.2, 0.25) is 0 Å². The summed E-state index contributed by atoms with van der Waals surface area (Å²) in [5.41, 5.74) is 0. The molecule has 0 aromatic rings. The van der Waals surface area contributed by atoms with Crippen LogP contribution in [-0.4, -0.2) is 121 Å².